The fourth-order valence-electron chi connectivity index (χ4n) is 5.00. The van der Waals surface area contributed by atoms with Gasteiger partial charge >= 0.3 is 7.60 Å². The van der Waals surface area contributed by atoms with E-state index in [1.165, 1.54) is 0 Å². The number of allylic oxidation sites excluding steroid dienone is 12. The monoisotopic (exact) mass is 751 g/mol. The Balaban J connectivity index is 1.33. The second kappa shape index (κ2) is 24.8. The molecule has 14 heteroatoms. The summed E-state index contributed by atoms with van der Waals surface area (Å²) in [6.07, 6.45) is 28.5. The number of nitrogens with zero attached hydrogens (tertiary/aromatic N) is 3. The van der Waals surface area contributed by atoms with E-state index in [4.69, 9.17) is 19.5 Å². The highest BCUT2D eigenvalue weighted by atomic mass is 31.2. The van der Waals surface area contributed by atoms with Crippen LogP contribution in [-0.2, 0) is 18.6 Å². The fourth-order valence-corrected chi connectivity index (χ4v) is 6.64. The van der Waals surface area contributed by atoms with Crippen LogP contribution in [0.1, 0.15) is 81.6 Å². The minimum absolute atomic E-state index is 0.0326. The number of carbonyl (C=O) groups is 2. The summed E-state index contributed by atoms with van der Waals surface area (Å²) in [7, 11) is -3.81. The predicted octanol–water partition coefficient (Wildman–Crippen LogP) is 6.27. The van der Waals surface area contributed by atoms with Crippen molar-refractivity contribution in [3.05, 3.63) is 115 Å². The molecular weight excluding hydrogens is 697 g/mol. The Morgan fingerprint density at radius 2 is 1.49 bits per heavy atom. The second-order valence-corrected chi connectivity index (χ2v) is 14.3. The average Bonchev–Trinajstić information content (AvgIpc) is 3.75. The zero-order chi connectivity index (χ0) is 38.2. The Morgan fingerprint density at radius 3 is 2.06 bits per heavy atom. The zero-order valence-corrected chi connectivity index (χ0v) is 31.3. The number of nitrogens with one attached hydrogen (secondary N) is 1. The summed E-state index contributed by atoms with van der Waals surface area (Å²) in [6, 6.07) is 8.50. The maximum absolute atomic E-state index is 13.8. The molecule has 1 fully saturated rings. The summed E-state index contributed by atoms with van der Waals surface area (Å²) >= 11 is 0. The van der Waals surface area contributed by atoms with Crippen LogP contribution in [-0.4, -0.2) is 74.4 Å². The van der Waals surface area contributed by atoms with E-state index >= 15 is 0 Å². The Kier molecular flexibility index (Phi) is 20.1. The number of aliphatic hydroxyl groups excluding tert-OH is 2. The molecule has 2 heterocycles. The van der Waals surface area contributed by atoms with Gasteiger partial charge in [-0.15, -0.1) is 5.10 Å². The van der Waals surface area contributed by atoms with Gasteiger partial charge in [0.1, 0.15) is 30.4 Å². The van der Waals surface area contributed by atoms with Gasteiger partial charge < -0.3 is 30.5 Å². The van der Waals surface area contributed by atoms with Crippen LogP contribution in [0.5, 0.6) is 5.75 Å². The SMILES string of the molecule is CC/C=C\C/C=C\C/C=C\C/C=C\C/C=C\C/C=C\CCC(=O)NCCCP(=O)(OC[C@H]1O[C@@H](n2cnc(C(N)=O)n2)[C@H](O)[C@@H]1O)Oc1ccccc1. The normalized spacial score (nSPS) is 20.5. The van der Waals surface area contributed by atoms with Crippen molar-refractivity contribution in [1.82, 2.24) is 20.1 Å². The van der Waals surface area contributed by atoms with Crippen molar-refractivity contribution in [3.8, 4) is 5.75 Å². The number of hydrogen-bond donors (Lipinski definition) is 4. The summed E-state index contributed by atoms with van der Waals surface area (Å²) in [5.41, 5.74) is 5.19. The van der Waals surface area contributed by atoms with Crippen molar-refractivity contribution >= 4 is 19.4 Å². The molecule has 0 bridgehead atoms. The molecule has 0 spiro atoms. The first-order valence-corrected chi connectivity index (χ1v) is 19.8. The van der Waals surface area contributed by atoms with Crippen molar-refractivity contribution in [2.75, 3.05) is 19.3 Å². The number of rotatable bonds is 25. The van der Waals surface area contributed by atoms with Crippen LogP contribution in [0.4, 0.5) is 0 Å². The summed E-state index contributed by atoms with van der Waals surface area (Å²) in [6.45, 7) is 2.01. The summed E-state index contributed by atoms with van der Waals surface area (Å²) in [5.74, 6) is -0.948. The standard InChI is InChI=1S/C39H54N5O8P/c1-2-3-4-5-6-7-8-9-10-11-12-13-14-15-16-17-18-19-23-27-34(45)41-28-24-29-53(49,52-32-25-21-20-22-26-32)50-30-33-35(46)36(47)39(51-33)44-31-42-38(43-44)37(40)48/h3-4,6-7,9-10,12-13,15-16,18-22,25-26,31,33,35-36,39,46-47H,2,5,8,11,14,17,23-24,27-30H2,1H3,(H2,40,48)(H,41,45)/b4-3-,7-6-,10-9-,13-12-,16-15-,19-18-/t33-,35-,36-,39-,53?/m1/s1. The first-order chi connectivity index (χ1) is 25.7. The van der Waals surface area contributed by atoms with Gasteiger partial charge in [-0.25, -0.2) is 14.2 Å². The third-order valence-corrected chi connectivity index (χ3v) is 9.71. The molecule has 1 aromatic carbocycles. The van der Waals surface area contributed by atoms with E-state index in [0.29, 0.717) is 25.0 Å². The quantitative estimate of drug-likeness (QED) is 0.0512. The van der Waals surface area contributed by atoms with Crippen LogP contribution < -0.4 is 15.6 Å². The lowest BCUT2D eigenvalue weighted by Crippen LogP contribution is -2.34. The van der Waals surface area contributed by atoms with Crippen LogP contribution in [0.2, 0.25) is 0 Å². The van der Waals surface area contributed by atoms with Crippen molar-refractivity contribution < 1.29 is 38.2 Å². The van der Waals surface area contributed by atoms with Gasteiger partial charge in [-0.1, -0.05) is 98.0 Å². The van der Waals surface area contributed by atoms with E-state index in [0.717, 1.165) is 49.5 Å². The Morgan fingerprint density at radius 1 is 0.906 bits per heavy atom. The lowest BCUT2D eigenvalue weighted by molar-refractivity contribution is -0.121. The summed E-state index contributed by atoms with van der Waals surface area (Å²) in [5, 5.41) is 27.8. The first-order valence-electron chi connectivity index (χ1n) is 18.1. The van der Waals surface area contributed by atoms with E-state index in [1.807, 2.05) is 12.2 Å². The number of ether oxygens (including phenoxy) is 1. The molecule has 1 aromatic heterocycles. The van der Waals surface area contributed by atoms with Crippen molar-refractivity contribution in [2.24, 2.45) is 5.73 Å². The van der Waals surface area contributed by atoms with Gasteiger partial charge in [0.25, 0.3) is 5.91 Å². The van der Waals surface area contributed by atoms with Gasteiger partial charge in [-0.2, -0.15) is 0 Å². The number of aromatic nitrogens is 3. The molecule has 288 valence electrons. The van der Waals surface area contributed by atoms with Gasteiger partial charge in [0.2, 0.25) is 11.7 Å². The smallest absolute Gasteiger partial charge is 0.379 e. The molecule has 0 radical (unpaired) electrons. The molecule has 13 nitrogen and oxygen atoms in total. The van der Waals surface area contributed by atoms with E-state index in [9.17, 15) is 24.4 Å². The van der Waals surface area contributed by atoms with Crippen molar-refractivity contribution in [2.45, 2.75) is 89.3 Å². The molecule has 1 unspecified atom stereocenters. The molecule has 0 saturated carbocycles. The number of amides is 2. The molecule has 1 aliphatic rings. The maximum Gasteiger partial charge on any atom is 0.379 e. The molecule has 53 heavy (non-hydrogen) atoms. The van der Waals surface area contributed by atoms with Crippen LogP contribution in [0, 0.1) is 0 Å². The van der Waals surface area contributed by atoms with Gasteiger partial charge in [0.15, 0.2) is 6.23 Å². The number of para-hydroxylation sites is 1. The van der Waals surface area contributed by atoms with Crippen LogP contribution in [0.15, 0.2) is 110 Å². The Bertz CT molecular complexity index is 1600. The highest BCUT2D eigenvalue weighted by molar-refractivity contribution is 7.54. The molecular formula is C39H54N5O8P. The van der Waals surface area contributed by atoms with E-state index in [2.05, 4.69) is 83.1 Å². The number of benzene rings is 1. The molecule has 2 aromatic rings. The van der Waals surface area contributed by atoms with E-state index < -0.39 is 38.0 Å². The van der Waals surface area contributed by atoms with Gasteiger partial charge in [-0.05, 0) is 63.5 Å². The second-order valence-electron chi connectivity index (χ2n) is 12.2. The third-order valence-electron chi connectivity index (χ3n) is 7.82. The highest BCUT2D eigenvalue weighted by Crippen LogP contribution is 2.49. The first kappa shape index (κ1) is 43.0. The van der Waals surface area contributed by atoms with Crippen LogP contribution in [0.25, 0.3) is 0 Å². The van der Waals surface area contributed by atoms with Gasteiger partial charge in [-0.3, -0.25) is 14.1 Å². The molecule has 1 aliphatic heterocycles. The van der Waals surface area contributed by atoms with Crippen molar-refractivity contribution in [3.63, 3.8) is 0 Å². The number of aliphatic hydroxyl groups is 2. The van der Waals surface area contributed by atoms with Gasteiger partial charge in [0, 0.05) is 13.0 Å². The minimum Gasteiger partial charge on any atom is -0.424 e. The Labute approximate surface area is 312 Å². The van der Waals surface area contributed by atoms with E-state index in [-0.39, 0.29) is 31.0 Å². The number of nitrogens with two attached hydrogens (primary N) is 1. The maximum atomic E-state index is 13.8. The molecule has 5 atom stereocenters. The van der Waals surface area contributed by atoms with Crippen LogP contribution in [0.3, 0.4) is 0 Å². The van der Waals surface area contributed by atoms with E-state index in [1.54, 1.807) is 30.3 Å². The largest absolute Gasteiger partial charge is 0.424 e. The highest BCUT2D eigenvalue weighted by Gasteiger charge is 2.45. The predicted molar refractivity (Wildman–Crippen MR) is 205 cm³/mol. The molecule has 1 saturated heterocycles. The number of primary amides is 1. The van der Waals surface area contributed by atoms with Gasteiger partial charge in [0.05, 0.1) is 12.8 Å². The molecule has 5 N–H and O–H groups in total. The lowest BCUT2D eigenvalue weighted by atomic mass is 10.1. The fraction of sp³-hybridized carbons (Fsp3) is 0.436. The Hall–Kier alpha value is -4.39. The average molecular weight is 752 g/mol. The van der Waals surface area contributed by atoms with Crippen molar-refractivity contribution in [1.29, 1.82) is 0 Å². The minimum atomic E-state index is -3.81. The summed E-state index contributed by atoms with van der Waals surface area (Å²) < 4.78 is 32.1. The van der Waals surface area contributed by atoms with Crippen LogP contribution >= 0.6 is 7.60 Å². The molecule has 0 aliphatic carbocycles. The lowest BCUT2D eigenvalue weighted by Gasteiger charge is -2.22. The zero-order valence-electron chi connectivity index (χ0n) is 30.4. The third kappa shape index (κ3) is 16.9. The number of hydrogen-bond acceptors (Lipinski definition) is 10. The number of carbonyl (C=O) groups excluding carboxylic acids is 2. The summed E-state index contributed by atoms with van der Waals surface area (Å²) in [4.78, 5) is 27.5. The topological polar surface area (TPSA) is 188 Å². The molecule has 3 rings (SSSR count). The molecule has 2 amide bonds.